The number of carbonyl (C=O) groups excluding carboxylic acids is 2. The van der Waals surface area contributed by atoms with E-state index in [4.69, 9.17) is 10.1 Å². The van der Waals surface area contributed by atoms with Gasteiger partial charge >= 0.3 is 11.9 Å². The average molecular weight is 388 g/mol. The monoisotopic (exact) mass is 388 g/mol. The van der Waals surface area contributed by atoms with Crippen molar-refractivity contribution in [1.82, 2.24) is 0 Å². The number of benzene rings is 2. The molecule has 2 rings (SSSR count). The Morgan fingerprint density at radius 3 is 1.82 bits per heavy atom. The molecule has 0 saturated carbocycles. The smallest absolute Gasteiger partial charge is 0.295 e. The number of hydrogen-bond donors (Lipinski definition) is 1. The Kier molecular flexibility index (Phi) is 8.35. The van der Waals surface area contributed by atoms with Crippen LogP contribution in [-0.2, 0) is 20.1 Å². The predicted octanol–water partition coefficient (Wildman–Crippen LogP) is 5.19. The van der Waals surface area contributed by atoms with Crippen LogP contribution in [0.15, 0.2) is 54.6 Å². The highest BCUT2D eigenvalue weighted by atomic mass is 17.2. The van der Waals surface area contributed by atoms with Crippen LogP contribution >= 0.6 is 0 Å². The molecule has 28 heavy (non-hydrogen) atoms. The minimum atomic E-state index is -0.712. The normalized spacial score (nSPS) is 11.1. The molecule has 0 bridgehead atoms. The van der Waals surface area contributed by atoms with Crippen molar-refractivity contribution in [2.45, 2.75) is 52.6 Å². The molecule has 0 aliphatic heterocycles. The summed E-state index contributed by atoms with van der Waals surface area (Å²) in [5.74, 6) is -1.18. The topological polar surface area (TPSA) is 82.1 Å². The lowest BCUT2D eigenvalue weighted by molar-refractivity contribution is -0.301. The van der Waals surface area contributed by atoms with Crippen LogP contribution in [0, 0.1) is 0 Å². The molecule has 1 N–H and O–H groups in total. The summed E-state index contributed by atoms with van der Waals surface area (Å²) >= 11 is 0. The van der Waals surface area contributed by atoms with Crippen LogP contribution in [0.2, 0.25) is 0 Å². The largest absolute Gasteiger partial charge is 0.373 e. The van der Waals surface area contributed by atoms with Crippen molar-refractivity contribution in [3.05, 3.63) is 71.3 Å². The van der Waals surface area contributed by atoms with Gasteiger partial charge in [0.1, 0.15) is 5.60 Å². The lowest BCUT2D eigenvalue weighted by atomic mass is 9.84. The minimum Gasteiger partial charge on any atom is -0.295 e. The molecule has 0 aliphatic rings. The van der Waals surface area contributed by atoms with Gasteiger partial charge in [0.05, 0.1) is 11.1 Å². The molecular formula is C22H28O6. The van der Waals surface area contributed by atoms with Crippen LogP contribution in [0.4, 0.5) is 0 Å². The summed E-state index contributed by atoms with van der Waals surface area (Å²) in [4.78, 5) is 35.8. The van der Waals surface area contributed by atoms with Crippen molar-refractivity contribution < 1.29 is 29.5 Å². The second-order valence-corrected chi connectivity index (χ2v) is 8.11. The first-order chi connectivity index (χ1) is 13.0. The van der Waals surface area contributed by atoms with E-state index in [2.05, 4.69) is 9.78 Å². The molecule has 0 aromatic heterocycles. The second kappa shape index (κ2) is 10.0. The summed E-state index contributed by atoms with van der Waals surface area (Å²) in [6.45, 7) is 11.4. The first kappa shape index (κ1) is 23.3. The van der Waals surface area contributed by atoms with E-state index < -0.39 is 17.5 Å². The molecular weight excluding hydrogens is 360 g/mol. The Morgan fingerprint density at radius 2 is 1.32 bits per heavy atom. The molecule has 6 heteroatoms. The summed E-state index contributed by atoms with van der Waals surface area (Å²) in [5.41, 5.74) is 1.12. The summed E-state index contributed by atoms with van der Waals surface area (Å²) in [5, 5.41) is 8.33. The van der Waals surface area contributed by atoms with Gasteiger partial charge in [-0.15, -0.1) is 0 Å². The molecule has 2 aromatic rings. The van der Waals surface area contributed by atoms with Gasteiger partial charge in [-0.3, -0.25) is 9.78 Å². The van der Waals surface area contributed by atoms with Crippen molar-refractivity contribution in [1.29, 1.82) is 0 Å². The van der Waals surface area contributed by atoms with Crippen LogP contribution < -0.4 is 0 Å². The van der Waals surface area contributed by atoms with Gasteiger partial charge in [0.2, 0.25) is 0 Å². The fourth-order valence-corrected chi connectivity index (χ4v) is 2.15. The molecule has 6 nitrogen and oxygen atoms in total. The van der Waals surface area contributed by atoms with E-state index >= 15 is 0 Å². The molecule has 0 atom stereocenters. The lowest BCUT2D eigenvalue weighted by Crippen LogP contribution is -2.21. The third-order valence-corrected chi connectivity index (χ3v) is 3.41. The Morgan fingerprint density at radius 1 is 0.786 bits per heavy atom. The van der Waals surface area contributed by atoms with Crippen molar-refractivity contribution >= 4 is 11.9 Å². The fraction of sp³-hybridized carbons (Fsp3) is 0.364. The van der Waals surface area contributed by atoms with E-state index in [1.54, 1.807) is 36.4 Å². The molecule has 0 radical (unpaired) electrons. The Balaban J connectivity index is 0.000000280. The van der Waals surface area contributed by atoms with Crippen molar-refractivity contribution in [2.75, 3.05) is 0 Å². The first-order valence-electron chi connectivity index (χ1n) is 8.86. The van der Waals surface area contributed by atoms with E-state index in [1.807, 2.05) is 59.7 Å². The van der Waals surface area contributed by atoms with Gasteiger partial charge in [-0.25, -0.2) is 9.59 Å². The maximum atomic E-state index is 11.3. The third kappa shape index (κ3) is 7.90. The highest BCUT2D eigenvalue weighted by Gasteiger charge is 2.21. The molecule has 0 amide bonds. The van der Waals surface area contributed by atoms with Crippen LogP contribution in [-0.4, -0.2) is 22.8 Å². The van der Waals surface area contributed by atoms with Crippen molar-refractivity contribution in [3.8, 4) is 0 Å². The van der Waals surface area contributed by atoms with E-state index in [-0.39, 0.29) is 5.41 Å². The van der Waals surface area contributed by atoms with Crippen LogP contribution in [0.1, 0.15) is 67.8 Å². The Bertz CT molecular complexity index is 770. The zero-order valence-corrected chi connectivity index (χ0v) is 17.2. The fourth-order valence-electron chi connectivity index (χ4n) is 2.15. The molecule has 0 unspecified atom stereocenters. The number of hydrogen-bond acceptors (Lipinski definition) is 6. The van der Waals surface area contributed by atoms with Crippen LogP contribution in [0.5, 0.6) is 0 Å². The second-order valence-electron chi connectivity index (χ2n) is 8.11. The summed E-state index contributed by atoms with van der Waals surface area (Å²) < 4.78 is 0. The average Bonchev–Trinajstić information content (AvgIpc) is 2.65. The van der Waals surface area contributed by atoms with Gasteiger partial charge < -0.3 is 0 Å². The minimum absolute atomic E-state index is 0.148. The number of rotatable bonds is 3. The summed E-state index contributed by atoms with van der Waals surface area (Å²) in [6, 6.07) is 15.8. The zero-order valence-electron chi connectivity index (χ0n) is 17.2. The maximum Gasteiger partial charge on any atom is 0.373 e. The Hall–Kier alpha value is -2.70. The standard InChI is InChI=1S/2C11H14O3/c1-11(2,3)14-13-10(12)9-7-5-4-6-8-9;1-11(2,3)9-7-5-4-6-8(9)10(12)14-13/h4-8H,1-3H3;4-7,13H,1-3H3. The zero-order chi connectivity index (χ0) is 21.4. The van der Waals surface area contributed by atoms with E-state index in [0.717, 1.165) is 5.56 Å². The molecule has 0 fully saturated rings. The SMILES string of the molecule is CC(C)(C)OOC(=O)c1ccccc1.CC(C)(C)c1ccccc1C(=O)OO. The van der Waals surface area contributed by atoms with Gasteiger partial charge in [-0.05, 0) is 49.9 Å². The quantitative estimate of drug-likeness (QED) is 0.576. The van der Waals surface area contributed by atoms with Gasteiger partial charge in [0.25, 0.3) is 0 Å². The predicted molar refractivity (Wildman–Crippen MR) is 106 cm³/mol. The molecule has 0 aliphatic carbocycles. The first-order valence-corrected chi connectivity index (χ1v) is 8.86. The van der Waals surface area contributed by atoms with Crippen molar-refractivity contribution in [3.63, 3.8) is 0 Å². The van der Waals surface area contributed by atoms with Gasteiger partial charge in [0.15, 0.2) is 0 Å². The van der Waals surface area contributed by atoms with Crippen LogP contribution in [0.25, 0.3) is 0 Å². The highest BCUT2D eigenvalue weighted by molar-refractivity contribution is 5.91. The number of carbonyl (C=O) groups is 2. The molecule has 0 saturated heterocycles. The van der Waals surface area contributed by atoms with Gasteiger partial charge in [0, 0.05) is 0 Å². The van der Waals surface area contributed by atoms with E-state index in [0.29, 0.717) is 11.1 Å². The van der Waals surface area contributed by atoms with E-state index in [9.17, 15) is 9.59 Å². The summed E-state index contributed by atoms with van der Waals surface area (Å²) in [6.07, 6.45) is 0. The van der Waals surface area contributed by atoms with Gasteiger partial charge in [-0.2, -0.15) is 10.1 Å². The van der Waals surface area contributed by atoms with Gasteiger partial charge in [-0.1, -0.05) is 57.2 Å². The molecule has 0 spiro atoms. The lowest BCUT2D eigenvalue weighted by Gasteiger charge is -2.21. The third-order valence-electron chi connectivity index (χ3n) is 3.41. The molecule has 152 valence electrons. The Labute approximate surface area is 165 Å². The summed E-state index contributed by atoms with van der Waals surface area (Å²) in [7, 11) is 0. The van der Waals surface area contributed by atoms with Crippen molar-refractivity contribution in [2.24, 2.45) is 0 Å². The highest BCUT2D eigenvalue weighted by Crippen LogP contribution is 2.25. The maximum absolute atomic E-state index is 11.3. The van der Waals surface area contributed by atoms with Crippen LogP contribution in [0.3, 0.4) is 0 Å². The molecule has 2 aromatic carbocycles. The molecule has 0 heterocycles. The van der Waals surface area contributed by atoms with E-state index in [1.165, 1.54) is 0 Å².